The second kappa shape index (κ2) is 6.08. The molecule has 1 aromatic carbocycles. The van der Waals surface area contributed by atoms with E-state index in [2.05, 4.69) is 10.1 Å². The van der Waals surface area contributed by atoms with E-state index < -0.39 is 9.84 Å². The topological polar surface area (TPSA) is 93.3 Å². The number of hydrogen-bond acceptors (Lipinski definition) is 6. The fraction of sp³-hybridized carbons (Fsp3) is 0.467. The third-order valence-corrected chi connectivity index (χ3v) is 5.58. The molecule has 0 aliphatic heterocycles. The molecule has 0 unspecified atom stereocenters. The van der Waals surface area contributed by atoms with E-state index in [9.17, 15) is 13.5 Å². The quantitative estimate of drug-likeness (QED) is 0.930. The number of aromatic hydroxyl groups is 1. The Morgan fingerprint density at radius 3 is 2.50 bits per heavy atom. The molecule has 0 radical (unpaired) electrons. The van der Waals surface area contributed by atoms with Crippen LogP contribution in [0.15, 0.2) is 33.7 Å². The zero-order valence-electron chi connectivity index (χ0n) is 12.1. The number of phenolic OH excluding ortho intramolecular Hbond substituents is 1. The number of phenols is 1. The summed E-state index contributed by atoms with van der Waals surface area (Å²) < 4.78 is 29.8. The first kappa shape index (κ1) is 15.0. The third kappa shape index (κ3) is 3.30. The van der Waals surface area contributed by atoms with Crippen LogP contribution in [0.3, 0.4) is 0 Å². The van der Waals surface area contributed by atoms with Crippen molar-refractivity contribution < 1.29 is 18.0 Å². The van der Waals surface area contributed by atoms with Crippen LogP contribution in [-0.4, -0.2) is 23.7 Å². The maximum Gasteiger partial charge on any atom is 0.229 e. The van der Waals surface area contributed by atoms with E-state index in [1.165, 1.54) is 30.7 Å². The summed E-state index contributed by atoms with van der Waals surface area (Å²) in [6.07, 6.45) is 5.56. The summed E-state index contributed by atoms with van der Waals surface area (Å²) in [5.41, 5.74) is 0. The molecule has 22 heavy (non-hydrogen) atoms. The molecule has 0 saturated heterocycles. The molecule has 0 bridgehead atoms. The maximum atomic E-state index is 12.3. The Bertz CT molecular complexity index is 731. The van der Waals surface area contributed by atoms with Crippen molar-refractivity contribution in [1.29, 1.82) is 0 Å². The standard InChI is InChI=1S/C15H18N2O4S/c18-12-6-8-13(9-7-12)22(19,20)10-14-16-15(21-17-14)11-4-2-1-3-5-11/h6-9,11,18H,1-5,10H2. The highest BCUT2D eigenvalue weighted by molar-refractivity contribution is 7.90. The predicted octanol–water partition coefficient (Wildman–Crippen LogP) is 2.80. The molecule has 118 valence electrons. The largest absolute Gasteiger partial charge is 0.508 e. The number of hydrogen-bond donors (Lipinski definition) is 1. The lowest BCUT2D eigenvalue weighted by Gasteiger charge is -2.17. The van der Waals surface area contributed by atoms with Crippen molar-refractivity contribution in [3.63, 3.8) is 0 Å². The Hall–Kier alpha value is -1.89. The summed E-state index contributed by atoms with van der Waals surface area (Å²) in [6, 6.07) is 5.42. The van der Waals surface area contributed by atoms with Gasteiger partial charge < -0.3 is 9.63 Å². The Labute approximate surface area is 129 Å². The first-order chi connectivity index (χ1) is 10.5. The molecular formula is C15H18N2O4S. The molecule has 1 aliphatic rings. The van der Waals surface area contributed by atoms with Gasteiger partial charge in [0.1, 0.15) is 11.5 Å². The van der Waals surface area contributed by atoms with Gasteiger partial charge >= 0.3 is 0 Å². The Balaban J connectivity index is 1.75. The molecule has 2 aromatic rings. The van der Waals surface area contributed by atoms with E-state index in [1.807, 2.05) is 0 Å². The van der Waals surface area contributed by atoms with E-state index in [-0.39, 0.29) is 28.1 Å². The normalized spacial score (nSPS) is 16.7. The van der Waals surface area contributed by atoms with Crippen LogP contribution in [0.1, 0.15) is 49.7 Å². The van der Waals surface area contributed by atoms with Crippen molar-refractivity contribution in [2.45, 2.75) is 48.7 Å². The first-order valence-corrected chi connectivity index (χ1v) is 9.04. The molecule has 1 aliphatic carbocycles. The van der Waals surface area contributed by atoms with E-state index in [4.69, 9.17) is 4.52 Å². The monoisotopic (exact) mass is 322 g/mol. The third-order valence-electron chi connectivity index (χ3n) is 3.95. The van der Waals surface area contributed by atoms with Gasteiger partial charge in [-0.2, -0.15) is 4.98 Å². The van der Waals surface area contributed by atoms with Gasteiger partial charge in [0.2, 0.25) is 5.89 Å². The minimum absolute atomic E-state index is 0.0260. The van der Waals surface area contributed by atoms with Crippen LogP contribution >= 0.6 is 0 Å². The van der Waals surface area contributed by atoms with Gasteiger partial charge in [-0.3, -0.25) is 0 Å². The summed E-state index contributed by atoms with van der Waals surface area (Å²) in [4.78, 5) is 4.39. The second-order valence-electron chi connectivity index (χ2n) is 5.64. The summed E-state index contributed by atoms with van der Waals surface area (Å²) in [6.45, 7) is 0. The lowest BCUT2D eigenvalue weighted by molar-refractivity contribution is 0.312. The van der Waals surface area contributed by atoms with Gasteiger partial charge in [-0.1, -0.05) is 24.4 Å². The number of rotatable bonds is 4. The van der Waals surface area contributed by atoms with Crippen LogP contribution < -0.4 is 0 Å². The Morgan fingerprint density at radius 2 is 1.82 bits per heavy atom. The zero-order chi connectivity index (χ0) is 15.6. The molecule has 1 saturated carbocycles. The molecule has 0 spiro atoms. The molecular weight excluding hydrogens is 304 g/mol. The van der Waals surface area contributed by atoms with Crippen molar-refractivity contribution >= 4 is 9.84 Å². The fourth-order valence-electron chi connectivity index (χ4n) is 2.75. The number of benzene rings is 1. The molecule has 0 amide bonds. The maximum absolute atomic E-state index is 12.3. The molecule has 6 nitrogen and oxygen atoms in total. The Kier molecular flexibility index (Phi) is 4.15. The van der Waals surface area contributed by atoms with Crippen LogP contribution in [0.4, 0.5) is 0 Å². The lowest BCUT2D eigenvalue weighted by Crippen LogP contribution is -2.07. The van der Waals surface area contributed by atoms with E-state index in [0.717, 1.165) is 25.7 Å². The molecule has 3 rings (SSSR count). The van der Waals surface area contributed by atoms with Crippen molar-refractivity contribution in [2.24, 2.45) is 0 Å². The molecule has 1 aromatic heterocycles. The lowest BCUT2D eigenvalue weighted by atomic mass is 9.89. The second-order valence-corrected chi connectivity index (χ2v) is 7.63. The fourth-order valence-corrected chi connectivity index (χ4v) is 3.92. The van der Waals surface area contributed by atoms with Gasteiger partial charge in [-0.15, -0.1) is 0 Å². The zero-order valence-corrected chi connectivity index (χ0v) is 12.9. The van der Waals surface area contributed by atoms with Crippen LogP contribution in [0.2, 0.25) is 0 Å². The van der Waals surface area contributed by atoms with Crippen molar-refractivity contribution in [2.75, 3.05) is 0 Å². The number of aromatic nitrogens is 2. The van der Waals surface area contributed by atoms with Gasteiger partial charge in [-0.05, 0) is 37.1 Å². The first-order valence-electron chi connectivity index (χ1n) is 7.39. The highest BCUT2D eigenvalue weighted by atomic mass is 32.2. The average Bonchev–Trinajstić information content (AvgIpc) is 2.96. The highest BCUT2D eigenvalue weighted by Gasteiger charge is 2.24. The van der Waals surface area contributed by atoms with Gasteiger partial charge in [0.25, 0.3) is 0 Å². The van der Waals surface area contributed by atoms with Gasteiger partial charge in [0.15, 0.2) is 15.7 Å². The summed E-state index contributed by atoms with van der Waals surface area (Å²) in [5.74, 6) is 0.724. The summed E-state index contributed by atoms with van der Waals surface area (Å²) >= 11 is 0. The molecule has 0 atom stereocenters. The average molecular weight is 322 g/mol. The van der Waals surface area contributed by atoms with E-state index in [1.54, 1.807) is 0 Å². The molecule has 1 heterocycles. The highest BCUT2D eigenvalue weighted by Crippen LogP contribution is 2.31. The van der Waals surface area contributed by atoms with Crippen molar-refractivity contribution in [3.05, 3.63) is 36.0 Å². The Morgan fingerprint density at radius 1 is 1.14 bits per heavy atom. The molecule has 7 heteroatoms. The predicted molar refractivity (Wildman–Crippen MR) is 79.1 cm³/mol. The number of sulfone groups is 1. The van der Waals surface area contributed by atoms with Gasteiger partial charge in [0, 0.05) is 5.92 Å². The van der Waals surface area contributed by atoms with Gasteiger partial charge in [-0.25, -0.2) is 8.42 Å². The summed E-state index contributed by atoms with van der Waals surface area (Å²) in [7, 11) is -3.54. The van der Waals surface area contributed by atoms with Crippen LogP contribution in [0, 0.1) is 0 Å². The van der Waals surface area contributed by atoms with E-state index in [0.29, 0.717) is 5.89 Å². The molecule has 1 fully saturated rings. The smallest absolute Gasteiger partial charge is 0.229 e. The van der Waals surface area contributed by atoms with E-state index >= 15 is 0 Å². The minimum Gasteiger partial charge on any atom is -0.508 e. The van der Waals surface area contributed by atoms with Crippen LogP contribution in [0.5, 0.6) is 5.75 Å². The minimum atomic E-state index is -3.54. The van der Waals surface area contributed by atoms with Crippen LogP contribution in [0.25, 0.3) is 0 Å². The van der Waals surface area contributed by atoms with Crippen LogP contribution in [-0.2, 0) is 15.6 Å². The van der Waals surface area contributed by atoms with Crippen molar-refractivity contribution in [3.8, 4) is 5.75 Å². The number of nitrogens with zero attached hydrogens (tertiary/aromatic N) is 2. The van der Waals surface area contributed by atoms with Crippen molar-refractivity contribution in [1.82, 2.24) is 10.1 Å². The van der Waals surface area contributed by atoms with Gasteiger partial charge in [0.05, 0.1) is 4.90 Å². The molecule has 1 N–H and O–H groups in total. The SMILES string of the molecule is O=S(=O)(Cc1noc(C2CCCCC2)n1)c1ccc(O)cc1. The summed E-state index contributed by atoms with van der Waals surface area (Å²) in [5, 5.41) is 13.0.